The molecule has 1 saturated heterocycles. The Kier molecular flexibility index (Phi) is 10.9. The summed E-state index contributed by atoms with van der Waals surface area (Å²) in [5.74, 6) is -6.42. The van der Waals surface area contributed by atoms with Crippen LogP contribution in [-0.4, -0.2) is 73.7 Å². The summed E-state index contributed by atoms with van der Waals surface area (Å²) in [7, 11) is 1.45. The molecular formula is C31H35F6N5O3. The molecule has 14 heteroatoms. The maximum Gasteiger partial charge on any atom is 0.389 e. The molecule has 45 heavy (non-hydrogen) atoms. The molecule has 244 valence electrons. The molecule has 0 aliphatic carbocycles. The van der Waals surface area contributed by atoms with Gasteiger partial charge in [0.2, 0.25) is 18.0 Å². The van der Waals surface area contributed by atoms with Crippen LogP contribution in [0.3, 0.4) is 0 Å². The highest BCUT2D eigenvalue weighted by Gasteiger charge is 2.41. The predicted molar refractivity (Wildman–Crippen MR) is 155 cm³/mol. The summed E-state index contributed by atoms with van der Waals surface area (Å²) in [4.78, 5) is 48.2. The number of halogens is 6. The summed E-state index contributed by atoms with van der Waals surface area (Å²) >= 11 is 0. The van der Waals surface area contributed by atoms with Gasteiger partial charge in [0.25, 0.3) is 5.91 Å². The van der Waals surface area contributed by atoms with Gasteiger partial charge in [-0.25, -0.2) is 4.99 Å². The first-order valence-electron chi connectivity index (χ1n) is 14.7. The Labute approximate surface area is 256 Å². The van der Waals surface area contributed by atoms with Crippen LogP contribution in [0.5, 0.6) is 0 Å². The van der Waals surface area contributed by atoms with Crippen molar-refractivity contribution < 1.29 is 40.7 Å². The van der Waals surface area contributed by atoms with E-state index in [1.165, 1.54) is 11.9 Å². The van der Waals surface area contributed by atoms with E-state index in [1.54, 1.807) is 54.6 Å². The van der Waals surface area contributed by atoms with Crippen molar-refractivity contribution in [2.45, 2.75) is 57.0 Å². The van der Waals surface area contributed by atoms with Gasteiger partial charge in [0, 0.05) is 42.9 Å². The second kappa shape index (κ2) is 14.4. The van der Waals surface area contributed by atoms with E-state index in [-0.39, 0.29) is 6.67 Å². The van der Waals surface area contributed by atoms with E-state index in [0.29, 0.717) is 35.6 Å². The van der Waals surface area contributed by atoms with Gasteiger partial charge in [-0.2, -0.15) is 26.3 Å². The number of hydrogen-bond donors (Lipinski definition) is 2. The molecular weight excluding hydrogens is 604 g/mol. The number of amides is 3. The normalized spacial score (nSPS) is 18.9. The molecule has 2 heterocycles. The SMILES string of the molecule is CN1C(=O)[C@@H](NC(=O)[C@@H](CCC(F)(F)F)[C@@H](CCC(F)(F)F)C(=O)NCN2CCCC2)N=C(c2ccccc2)c2ccccc21. The third-order valence-corrected chi connectivity index (χ3v) is 7.98. The van der Waals surface area contributed by atoms with Crippen molar-refractivity contribution in [1.29, 1.82) is 0 Å². The molecule has 0 saturated carbocycles. The molecule has 1 fully saturated rings. The van der Waals surface area contributed by atoms with Gasteiger partial charge in [0.05, 0.1) is 18.1 Å². The van der Waals surface area contributed by atoms with Crippen LogP contribution in [0.4, 0.5) is 32.0 Å². The number of carbonyl (C=O) groups is 3. The largest absolute Gasteiger partial charge is 0.389 e. The van der Waals surface area contributed by atoms with Gasteiger partial charge >= 0.3 is 12.4 Å². The Morgan fingerprint density at radius 3 is 2.02 bits per heavy atom. The second-order valence-electron chi connectivity index (χ2n) is 11.2. The predicted octanol–water partition coefficient (Wildman–Crippen LogP) is 5.03. The molecule has 2 aliphatic heterocycles. The van der Waals surface area contributed by atoms with Gasteiger partial charge in [-0.1, -0.05) is 48.5 Å². The third kappa shape index (κ3) is 9.28. The number of benzene rings is 2. The van der Waals surface area contributed by atoms with Crippen LogP contribution in [0.1, 0.15) is 49.7 Å². The fourth-order valence-electron chi connectivity index (χ4n) is 5.61. The third-order valence-electron chi connectivity index (χ3n) is 7.98. The Bertz CT molecular complexity index is 1380. The zero-order chi connectivity index (χ0) is 32.8. The first-order chi connectivity index (χ1) is 21.2. The Hall–Kier alpha value is -3.94. The Balaban J connectivity index is 1.68. The lowest BCUT2D eigenvalue weighted by Crippen LogP contribution is -2.51. The second-order valence-corrected chi connectivity index (χ2v) is 11.2. The number of benzodiazepines with no additional fused rings is 1. The minimum atomic E-state index is -4.75. The molecule has 2 aromatic rings. The van der Waals surface area contributed by atoms with Gasteiger partial charge in [0.15, 0.2) is 0 Å². The summed E-state index contributed by atoms with van der Waals surface area (Å²) in [6.45, 7) is 1.28. The first kappa shape index (κ1) is 33.9. The quantitative estimate of drug-likeness (QED) is 0.338. The molecule has 0 spiro atoms. The number of likely N-dealkylation sites (N-methyl/N-ethyl adjacent to an activating group) is 1. The van der Waals surface area contributed by atoms with Gasteiger partial charge in [0.1, 0.15) is 0 Å². The highest BCUT2D eigenvalue weighted by atomic mass is 19.4. The van der Waals surface area contributed by atoms with Gasteiger partial charge in [-0.3, -0.25) is 19.3 Å². The molecule has 2 aromatic carbocycles. The number of carbonyl (C=O) groups excluding carboxylic acids is 3. The zero-order valence-corrected chi connectivity index (χ0v) is 24.6. The van der Waals surface area contributed by atoms with Crippen molar-refractivity contribution in [1.82, 2.24) is 15.5 Å². The highest BCUT2D eigenvalue weighted by molar-refractivity contribution is 6.20. The van der Waals surface area contributed by atoms with Crippen LogP contribution in [0.15, 0.2) is 59.6 Å². The first-order valence-corrected chi connectivity index (χ1v) is 14.7. The fourth-order valence-corrected chi connectivity index (χ4v) is 5.61. The summed E-state index contributed by atoms with van der Waals surface area (Å²) in [5, 5.41) is 4.90. The number of fused-ring (bicyclic) bond motifs is 1. The number of alkyl halides is 6. The molecule has 0 unspecified atom stereocenters. The number of para-hydroxylation sites is 1. The van der Waals surface area contributed by atoms with E-state index in [2.05, 4.69) is 15.6 Å². The molecule has 2 aliphatic rings. The number of rotatable bonds is 11. The molecule has 2 N–H and O–H groups in total. The lowest BCUT2D eigenvalue weighted by Gasteiger charge is -2.29. The van der Waals surface area contributed by atoms with Crippen LogP contribution in [-0.2, 0) is 14.4 Å². The topological polar surface area (TPSA) is 94.1 Å². The number of anilines is 1. The van der Waals surface area contributed by atoms with Gasteiger partial charge in [-0.15, -0.1) is 0 Å². The minimum Gasteiger partial charge on any atom is -0.343 e. The maximum atomic E-state index is 13.7. The molecule has 0 radical (unpaired) electrons. The zero-order valence-electron chi connectivity index (χ0n) is 24.6. The van der Waals surface area contributed by atoms with E-state index in [4.69, 9.17) is 0 Å². The Morgan fingerprint density at radius 1 is 0.867 bits per heavy atom. The van der Waals surface area contributed by atoms with Crippen molar-refractivity contribution in [3.8, 4) is 0 Å². The summed E-state index contributed by atoms with van der Waals surface area (Å²) in [6.07, 6.45) is -14.2. The number of likely N-dealkylation sites (tertiary alicyclic amines) is 1. The number of nitrogens with one attached hydrogen (secondary N) is 2. The standard InChI is InChI=1S/C31H35F6N5O3/c1-41-24-12-6-5-11-23(24)25(20-9-3-2-4-10-20)39-26(29(41)45)40-28(44)22(14-16-31(35,36)37)21(13-15-30(32,33)34)27(43)38-19-42-17-7-8-18-42/h2-6,9-12,21-22,26H,7-8,13-19H2,1H3,(H,38,43)(H,40,44)/t21-,22+,26-/m1/s1. The summed E-state index contributed by atoms with van der Waals surface area (Å²) in [5.41, 5.74) is 1.91. The van der Waals surface area contributed by atoms with E-state index in [9.17, 15) is 40.7 Å². The van der Waals surface area contributed by atoms with Gasteiger partial charge < -0.3 is 15.5 Å². The van der Waals surface area contributed by atoms with Crippen LogP contribution >= 0.6 is 0 Å². The van der Waals surface area contributed by atoms with Crippen LogP contribution in [0, 0.1) is 11.8 Å². The van der Waals surface area contributed by atoms with E-state index in [1.807, 2.05) is 4.90 Å². The average molecular weight is 640 g/mol. The minimum absolute atomic E-state index is 0.0101. The lowest BCUT2D eigenvalue weighted by molar-refractivity contribution is -0.153. The monoisotopic (exact) mass is 639 g/mol. The number of hydrogen-bond acceptors (Lipinski definition) is 5. The van der Waals surface area contributed by atoms with E-state index in [0.717, 1.165) is 12.8 Å². The van der Waals surface area contributed by atoms with Crippen molar-refractivity contribution in [2.24, 2.45) is 16.8 Å². The summed E-state index contributed by atoms with van der Waals surface area (Å²) in [6, 6.07) is 15.5. The van der Waals surface area contributed by atoms with Crippen molar-refractivity contribution in [2.75, 3.05) is 31.7 Å². The Morgan fingerprint density at radius 2 is 1.42 bits per heavy atom. The molecule has 8 nitrogen and oxygen atoms in total. The number of aliphatic imine (C=N–C) groups is 1. The lowest BCUT2D eigenvalue weighted by atomic mass is 9.83. The van der Waals surface area contributed by atoms with Gasteiger partial charge in [-0.05, 0) is 44.8 Å². The molecule has 3 amide bonds. The van der Waals surface area contributed by atoms with Crippen LogP contribution in [0.2, 0.25) is 0 Å². The summed E-state index contributed by atoms with van der Waals surface area (Å²) < 4.78 is 80.1. The molecule has 4 rings (SSSR count). The molecule has 0 aromatic heterocycles. The van der Waals surface area contributed by atoms with Crippen LogP contribution in [0.25, 0.3) is 0 Å². The maximum absolute atomic E-state index is 13.7. The number of nitrogens with zero attached hydrogens (tertiary/aromatic N) is 3. The van der Waals surface area contributed by atoms with E-state index < -0.39 is 73.8 Å². The van der Waals surface area contributed by atoms with E-state index >= 15 is 0 Å². The average Bonchev–Trinajstić information content (AvgIpc) is 3.49. The van der Waals surface area contributed by atoms with Crippen molar-refractivity contribution in [3.63, 3.8) is 0 Å². The van der Waals surface area contributed by atoms with Crippen LogP contribution < -0.4 is 15.5 Å². The fraction of sp³-hybridized carbons (Fsp3) is 0.484. The highest BCUT2D eigenvalue weighted by Crippen LogP contribution is 2.34. The van der Waals surface area contributed by atoms with Crippen molar-refractivity contribution >= 4 is 29.1 Å². The molecule has 3 atom stereocenters. The molecule has 0 bridgehead atoms. The van der Waals surface area contributed by atoms with Crippen molar-refractivity contribution in [3.05, 3.63) is 65.7 Å². The smallest absolute Gasteiger partial charge is 0.343 e.